The average molecular weight is 522 g/mol. The van der Waals surface area contributed by atoms with Gasteiger partial charge in [-0.3, -0.25) is 9.59 Å². The Morgan fingerprint density at radius 1 is 0.892 bits per heavy atom. The lowest BCUT2D eigenvalue weighted by Crippen LogP contribution is -2.50. The largest absolute Gasteiger partial charge is 0.573 e. The number of rotatable bonds is 3. The van der Waals surface area contributed by atoms with Gasteiger partial charge in [0.2, 0.25) is 5.91 Å². The number of benzene rings is 1. The number of likely N-dealkylation sites (tertiary alicyclic amines) is 3. The summed E-state index contributed by atoms with van der Waals surface area (Å²) in [5.74, 6) is 0.255. The molecule has 4 atom stereocenters. The Bertz CT molecular complexity index is 1040. The number of amides is 3. The lowest BCUT2D eigenvalue weighted by molar-refractivity contribution is -0.274. The van der Waals surface area contributed by atoms with Crippen molar-refractivity contribution in [1.82, 2.24) is 14.7 Å². The second-order valence-corrected chi connectivity index (χ2v) is 10.3. The summed E-state index contributed by atoms with van der Waals surface area (Å²) in [6.45, 7) is 3.63. The first-order chi connectivity index (χ1) is 17.6. The number of ether oxygens (including phenoxy) is 2. The molecule has 0 spiro atoms. The van der Waals surface area contributed by atoms with Crippen LogP contribution in [0.5, 0.6) is 5.75 Å². The van der Waals surface area contributed by atoms with E-state index in [2.05, 4.69) is 4.74 Å². The van der Waals surface area contributed by atoms with E-state index in [-0.39, 0.29) is 35.7 Å². The molecule has 11 heteroatoms. The number of carbonyl (C=O) groups excluding carboxylic acids is 3. The molecular weight excluding hydrogens is 491 g/mol. The van der Waals surface area contributed by atoms with Gasteiger partial charge in [0.15, 0.2) is 0 Å². The Balaban J connectivity index is 1.10. The summed E-state index contributed by atoms with van der Waals surface area (Å²) >= 11 is 0. The first-order valence-electron chi connectivity index (χ1n) is 12.7. The Morgan fingerprint density at radius 2 is 1.51 bits per heavy atom. The van der Waals surface area contributed by atoms with Gasteiger partial charge in [0.1, 0.15) is 11.9 Å². The zero-order valence-electron chi connectivity index (χ0n) is 20.4. The summed E-state index contributed by atoms with van der Waals surface area (Å²) in [4.78, 5) is 43.0. The number of hydrogen-bond donors (Lipinski definition) is 0. The number of hydrogen-bond acceptors (Lipinski definition) is 5. The van der Waals surface area contributed by atoms with Gasteiger partial charge in [0.25, 0.3) is 0 Å². The molecule has 200 valence electrons. The Morgan fingerprint density at radius 3 is 2.16 bits per heavy atom. The van der Waals surface area contributed by atoms with Crippen LogP contribution in [-0.4, -0.2) is 84.3 Å². The van der Waals surface area contributed by atoms with E-state index in [1.54, 1.807) is 11.0 Å². The highest BCUT2D eigenvalue weighted by Gasteiger charge is 2.43. The van der Waals surface area contributed by atoms with Gasteiger partial charge in [0.05, 0.1) is 13.0 Å². The smallest absolute Gasteiger partial charge is 0.460 e. The molecule has 1 aromatic carbocycles. The molecule has 4 saturated heterocycles. The molecule has 8 nitrogen and oxygen atoms in total. The molecule has 37 heavy (non-hydrogen) atoms. The van der Waals surface area contributed by atoms with E-state index in [0.29, 0.717) is 63.1 Å². The van der Waals surface area contributed by atoms with Crippen LogP contribution in [0.15, 0.2) is 30.3 Å². The van der Waals surface area contributed by atoms with Gasteiger partial charge in [-0.05, 0) is 54.9 Å². The van der Waals surface area contributed by atoms with Crippen LogP contribution in [0.1, 0.15) is 31.2 Å². The van der Waals surface area contributed by atoms with Crippen LogP contribution in [0.25, 0.3) is 6.08 Å². The van der Waals surface area contributed by atoms with Crippen LogP contribution in [0.4, 0.5) is 18.0 Å². The quantitative estimate of drug-likeness (QED) is 0.449. The fraction of sp³-hybridized carbons (Fsp3) is 0.577. The number of alkyl halides is 3. The van der Waals surface area contributed by atoms with Crippen molar-refractivity contribution in [2.45, 2.75) is 38.1 Å². The Hall–Kier alpha value is -3.24. The predicted molar refractivity (Wildman–Crippen MR) is 126 cm³/mol. The third-order valence-corrected chi connectivity index (χ3v) is 7.91. The van der Waals surface area contributed by atoms with Gasteiger partial charge < -0.3 is 24.2 Å². The van der Waals surface area contributed by atoms with Crippen molar-refractivity contribution in [1.29, 1.82) is 0 Å². The first-order valence-corrected chi connectivity index (χ1v) is 12.7. The summed E-state index contributed by atoms with van der Waals surface area (Å²) in [6.07, 6.45) is 0.947. The maximum Gasteiger partial charge on any atom is 0.573 e. The van der Waals surface area contributed by atoms with E-state index in [4.69, 9.17) is 4.74 Å². The highest BCUT2D eigenvalue weighted by atomic mass is 19.4. The summed E-state index contributed by atoms with van der Waals surface area (Å²) in [5.41, 5.74) is 0.597. The van der Waals surface area contributed by atoms with Gasteiger partial charge in [-0.1, -0.05) is 12.1 Å². The van der Waals surface area contributed by atoms with Crippen molar-refractivity contribution in [2.24, 2.45) is 17.8 Å². The van der Waals surface area contributed by atoms with E-state index in [0.717, 1.165) is 19.3 Å². The zero-order valence-corrected chi connectivity index (χ0v) is 20.4. The van der Waals surface area contributed by atoms with Crippen LogP contribution < -0.4 is 4.74 Å². The third-order valence-electron chi connectivity index (χ3n) is 7.91. The minimum Gasteiger partial charge on any atom is -0.460 e. The van der Waals surface area contributed by atoms with Crippen LogP contribution in [0.2, 0.25) is 0 Å². The van der Waals surface area contributed by atoms with Gasteiger partial charge in [-0.2, -0.15) is 0 Å². The lowest BCUT2D eigenvalue weighted by atomic mass is 9.92. The molecule has 1 aromatic rings. The topological polar surface area (TPSA) is 79.4 Å². The molecule has 0 aliphatic carbocycles. The second kappa shape index (κ2) is 10.3. The summed E-state index contributed by atoms with van der Waals surface area (Å²) in [5, 5.41) is 0. The van der Waals surface area contributed by atoms with Gasteiger partial charge in [0, 0.05) is 44.7 Å². The third kappa shape index (κ3) is 6.02. The van der Waals surface area contributed by atoms with Gasteiger partial charge in [-0.15, -0.1) is 13.2 Å². The van der Waals surface area contributed by atoms with Gasteiger partial charge in [-0.25, -0.2) is 4.79 Å². The van der Waals surface area contributed by atoms with E-state index >= 15 is 0 Å². The number of nitrogens with zero attached hydrogens (tertiary/aromatic N) is 3. The molecule has 0 radical (unpaired) electrons. The lowest BCUT2D eigenvalue weighted by Gasteiger charge is -2.35. The van der Waals surface area contributed by atoms with Crippen molar-refractivity contribution < 1.29 is 37.0 Å². The fourth-order valence-electron chi connectivity index (χ4n) is 5.91. The number of piperidine rings is 1. The van der Waals surface area contributed by atoms with Gasteiger partial charge >= 0.3 is 18.4 Å². The number of fused-ring (bicyclic) bond motifs is 2. The van der Waals surface area contributed by atoms with Crippen LogP contribution in [-0.2, 0) is 14.3 Å². The Kier molecular flexibility index (Phi) is 7.04. The van der Waals surface area contributed by atoms with Crippen molar-refractivity contribution in [2.75, 3.05) is 39.3 Å². The highest BCUT2D eigenvalue weighted by Crippen LogP contribution is 2.34. The summed E-state index contributed by atoms with van der Waals surface area (Å²) in [6, 6.07) is 5.35. The molecule has 3 amide bonds. The molecule has 0 N–H and O–H groups in total. The van der Waals surface area contributed by atoms with Crippen LogP contribution in [0, 0.1) is 17.8 Å². The fourth-order valence-corrected chi connectivity index (χ4v) is 5.91. The van der Waals surface area contributed by atoms with Crippen molar-refractivity contribution in [3.63, 3.8) is 0 Å². The van der Waals surface area contributed by atoms with E-state index in [1.807, 2.05) is 9.80 Å². The van der Waals surface area contributed by atoms with E-state index < -0.39 is 6.36 Å². The number of halogens is 3. The molecule has 0 unspecified atom stereocenters. The summed E-state index contributed by atoms with van der Waals surface area (Å²) in [7, 11) is 0. The second-order valence-electron chi connectivity index (χ2n) is 10.3. The molecule has 0 saturated carbocycles. The Labute approximate surface area is 213 Å². The molecule has 4 aliphatic heterocycles. The van der Waals surface area contributed by atoms with Crippen molar-refractivity contribution in [3.05, 3.63) is 35.9 Å². The molecule has 4 heterocycles. The minimum atomic E-state index is -4.74. The molecule has 4 fully saturated rings. The summed E-state index contributed by atoms with van der Waals surface area (Å²) < 4.78 is 46.1. The van der Waals surface area contributed by atoms with Crippen molar-refractivity contribution >= 4 is 24.0 Å². The number of esters is 1. The number of carbonyl (C=O) groups is 3. The van der Waals surface area contributed by atoms with E-state index in [1.165, 1.54) is 30.3 Å². The number of urea groups is 1. The average Bonchev–Trinajstić information content (AvgIpc) is 3.37. The molecule has 5 rings (SSSR count). The molecule has 0 bridgehead atoms. The maximum atomic E-state index is 13.2. The first kappa shape index (κ1) is 25.4. The van der Waals surface area contributed by atoms with Crippen LogP contribution in [0.3, 0.4) is 0 Å². The predicted octanol–water partition coefficient (Wildman–Crippen LogP) is 3.53. The van der Waals surface area contributed by atoms with Crippen LogP contribution >= 0.6 is 0 Å². The monoisotopic (exact) mass is 521 g/mol. The molecule has 0 aromatic heterocycles. The SMILES string of the molecule is O=C1C[C@@H]2CCN(C(=O)N3C[C@H]4CCN(C(=O)/C=C/c5ccc(OC(F)(F)F)cc5)CC[C@H]4C3)C[C@@H]2O1. The minimum absolute atomic E-state index is 0.0111. The maximum absolute atomic E-state index is 13.2. The highest BCUT2D eigenvalue weighted by molar-refractivity contribution is 5.91. The van der Waals surface area contributed by atoms with E-state index in [9.17, 15) is 27.6 Å². The van der Waals surface area contributed by atoms with Crippen molar-refractivity contribution in [3.8, 4) is 5.75 Å². The standard InChI is InChI=1S/C26H30F3N3O5/c27-26(28,29)37-21-4-1-17(2-5-21)3-6-23(33)30-10-8-19-14-32(15-20(19)9-11-30)25(35)31-12-7-18-13-24(34)36-22(18)16-31/h1-6,18-20,22H,7-16H2/b6-3+/t18-,19-,20+,22-/m0/s1. The molecular formula is C26H30F3N3O5. The normalized spacial score (nSPS) is 28.1. The zero-order chi connectivity index (χ0) is 26.2. The molecule has 4 aliphatic rings.